The van der Waals surface area contributed by atoms with Gasteiger partial charge in [-0.2, -0.15) is 0 Å². The third-order valence-corrected chi connectivity index (χ3v) is 3.58. The Morgan fingerprint density at radius 3 is 2.76 bits per heavy atom. The molecule has 21 heavy (non-hydrogen) atoms. The average Bonchev–Trinajstić information content (AvgIpc) is 2.56. The summed E-state index contributed by atoms with van der Waals surface area (Å²) in [5.41, 5.74) is 5.92. The lowest BCUT2D eigenvalue weighted by molar-refractivity contribution is 0.404. The summed E-state index contributed by atoms with van der Waals surface area (Å²) in [6.07, 6.45) is 1.79. The normalized spacial score (nSPS) is 12.3. The lowest BCUT2D eigenvalue weighted by Gasteiger charge is -2.19. The van der Waals surface area contributed by atoms with Crippen molar-refractivity contribution < 1.29 is 4.74 Å². The monoisotopic (exact) mass is 279 g/mol. The minimum absolute atomic E-state index is 0.134. The number of nitrogens with two attached hydrogens (primary N) is 1. The molecule has 3 rings (SSSR count). The highest BCUT2D eigenvalue weighted by molar-refractivity contribution is 5.79. The van der Waals surface area contributed by atoms with Crippen LogP contribution in [-0.4, -0.2) is 12.1 Å². The topological polar surface area (TPSA) is 60.2 Å². The van der Waals surface area contributed by atoms with Gasteiger partial charge in [0.25, 0.3) is 0 Å². The zero-order valence-electron chi connectivity index (χ0n) is 11.8. The van der Waals surface area contributed by atoms with Gasteiger partial charge in [-0.05, 0) is 29.8 Å². The molecule has 0 bridgehead atoms. The second-order valence-corrected chi connectivity index (χ2v) is 4.80. The second-order valence-electron chi connectivity index (χ2n) is 4.80. The molecule has 0 radical (unpaired) electrons. The van der Waals surface area contributed by atoms with Crippen LogP contribution in [0.3, 0.4) is 0 Å². The van der Waals surface area contributed by atoms with Crippen LogP contribution in [-0.2, 0) is 0 Å². The van der Waals surface area contributed by atoms with Gasteiger partial charge < -0.3 is 4.74 Å². The van der Waals surface area contributed by atoms with Crippen LogP contribution in [0.4, 0.5) is 0 Å². The molecule has 0 saturated heterocycles. The molecular weight excluding hydrogens is 262 g/mol. The molecule has 3 N–H and O–H groups in total. The summed E-state index contributed by atoms with van der Waals surface area (Å²) in [7, 11) is 1.66. The van der Waals surface area contributed by atoms with E-state index in [9.17, 15) is 0 Å². The average molecular weight is 279 g/mol. The Labute approximate surface area is 123 Å². The summed E-state index contributed by atoms with van der Waals surface area (Å²) in [5, 5.41) is 1.09. The molecular formula is C17H17N3O. The molecule has 1 unspecified atom stereocenters. The number of hydrogen-bond acceptors (Lipinski definition) is 4. The smallest absolute Gasteiger partial charge is 0.124 e. The van der Waals surface area contributed by atoms with Crippen LogP contribution < -0.4 is 16.0 Å². The lowest BCUT2D eigenvalue weighted by Crippen LogP contribution is -2.29. The maximum absolute atomic E-state index is 5.78. The van der Waals surface area contributed by atoms with E-state index in [0.717, 1.165) is 27.8 Å². The van der Waals surface area contributed by atoms with Gasteiger partial charge in [-0.1, -0.05) is 30.3 Å². The summed E-state index contributed by atoms with van der Waals surface area (Å²) in [5.74, 6) is 6.60. The van der Waals surface area contributed by atoms with Crippen LogP contribution in [0.2, 0.25) is 0 Å². The SMILES string of the molecule is COc1ccccc1C(NN)c1ccc2ncccc2c1. The van der Waals surface area contributed by atoms with Gasteiger partial charge in [-0.15, -0.1) is 0 Å². The summed E-state index contributed by atoms with van der Waals surface area (Å²) in [6, 6.07) is 17.8. The van der Waals surface area contributed by atoms with Gasteiger partial charge >= 0.3 is 0 Å². The van der Waals surface area contributed by atoms with Crippen molar-refractivity contribution in [1.82, 2.24) is 10.4 Å². The van der Waals surface area contributed by atoms with Crippen LogP contribution in [0.1, 0.15) is 17.2 Å². The standard InChI is InChI=1S/C17H17N3O/c1-21-16-7-3-2-6-14(16)17(20-18)13-8-9-15-12(11-13)5-4-10-19-15/h2-11,17,20H,18H2,1H3. The number of nitrogens with one attached hydrogen (secondary N) is 1. The fraction of sp³-hybridized carbons (Fsp3) is 0.118. The number of hydrazine groups is 1. The zero-order chi connectivity index (χ0) is 14.7. The highest BCUT2D eigenvalue weighted by atomic mass is 16.5. The summed E-state index contributed by atoms with van der Waals surface area (Å²) in [6.45, 7) is 0. The van der Waals surface area contributed by atoms with E-state index in [2.05, 4.69) is 16.5 Å². The van der Waals surface area contributed by atoms with Crippen LogP contribution in [0, 0.1) is 0 Å². The van der Waals surface area contributed by atoms with Crippen LogP contribution in [0.15, 0.2) is 60.8 Å². The number of fused-ring (bicyclic) bond motifs is 1. The van der Waals surface area contributed by atoms with E-state index in [4.69, 9.17) is 10.6 Å². The van der Waals surface area contributed by atoms with Gasteiger partial charge in [0.2, 0.25) is 0 Å². The first-order chi connectivity index (χ1) is 10.3. The van der Waals surface area contributed by atoms with Gasteiger partial charge in [0, 0.05) is 17.1 Å². The van der Waals surface area contributed by atoms with Crippen molar-refractivity contribution in [2.45, 2.75) is 6.04 Å². The number of methoxy groups -OCH3 is 1. The molecule has 1 aromatic heterocycles. The van der Waals surface area contributed by atoms with Crippen molar-refractivity contribution in [3.63, 3.8) is 0 Å². The third kappa shape index (κ3) is 2.59. The van der Waals surface area contributed by atoms with Crippen LogP contribution in [0.25, 0.3) is 10.9 Å². The Balaban J connectivity index is 2.09. The number of aromatic nitrogens is 1. The molecule has 4 heteroatoms. The number of ether oxygens (including phenoxy) is 1. The lowest BCUT2D eigenvalue weighted by atomic mass is 9.97. The summed E-state index contributed by atoms with van der Waals surface area (Å²) < 4.78 is 5.43. The van der Waals surface area contributed by atoms with Gasteiger partial charge in [-0.3, -0.25) is 10.8 Å². The molecule has 0 aliphatic heterocycles. The molecule has 0 aliphatic rings. The molecule has 0 spiro atoms. The Morgan fingerprint density at radius 2 is 1.95 bits per heavy atom. The van der Waals surface area contributed by atoms with Crippen molar-refractivity contribution in [2.24, 2.45) is 5.84 Å². The van der Waals surface area contributed by atoms with E-state index < -0.39 is 0 Å². The number of pyridine rings is 1. The number of hydrogen-bond donors (Lipinski definition) is 2. The van der Waals surface area contributed by atoms with Crippen molar-refractivity contribution >= 4 is 10.9 Å². The maximum Gasteiger partial charge on any atom is 0.124 e. The fourth-order valence-electron chi connectivity index (χ4n) is 2.54. The molecule has 0 aliphatic carbocycles. The first kappa shape index (κ1) is 13.5. The molecule has 0 amide bonds. The minimum Gasteiger partial charge on any atom is -0.496 e. The predicted octanol–water partition coefficient (Wildman–Crippen LogP) is 2.80. The number of para-hydroxylation sites is 1. The summed E-state index contributed by atoms with van der Waals surface area (Å²) in [4.78, 5) is 4.34. The first-order valence-electron chi connectivity index (χ1n) is 6.77. The maximum atomic E-state index is 5.78. The van der Waals surface area contributed by atoms with E-state index in [-0.39, 0.29) is 6.04 Å². The van der Waals surface area contributed by atoms with E-state index in [1.165, 1.54) is 0 Å². The Hall–Kier alpha value is -2.43. The van der Waals surface area contributed by atoms with E-state index in [0.29, 0.717) is 0 Å². The van der Waals surface area contributed by atoms with Crippen LogP contribution in [0.5, 0.6) is 5.75 Å². The Kier molecular flexibility index (Phi) is 3.81. The Bertz CT molecular complexity index is 758. The second kappa shape index (κ2) is 5.91. The van der Waals surface area contributed by atoms with Crippen molar-refractivity contribution in [1.29, 1.82) is 0 Å². The number of rotatable bonds is 4. The van der Waals surface area contributed by atoms with Gasteiger partial charge in [0.15, 0.2) is 0 Å². The molecule has 1 atom stereocenters. The van der Waals surface area contributed by atoms with Crippen molar-refractivity contribution in [2.75, 3.05) is 7.11 Å². The predicted molar refractivity (Wildman–Crippen MR) is 83.9 cm³/mol. The van der Waals surface area contributed by atoms with Crippen molar-refractivity contribution in [3.05, 3.63) is 71.9 Å². The third-order valence-electron chi connectivity index (χ3n) is 3.58. The van der Waals surface area contributed by atoms with Crippen LogP contribution >= 0.6 is 0 Å². The van der Waals surface area contributed by atoms with E-state index in [1.807, 2.05) is 48.5 Å². The number of nitrogens with zero attached hydrogens (tertiary/aromatic N) is 1. The molecule has 2 aromatic carbocycles. The van der Waals surface area contributed by atoms with E-state index >= 15 is 0 Å². The first-order valence-corrected chi connectivity index (χ1v) is 6.77. The van der Waals surface area contributed by atoms with Gasteiger partial charge in [0.05, 0.1) is 18.7 Å². The highest BCUT2D eigenvalue weighted by Gasteiger charge is 2.16. The zero-order valence-corrected chi connectivity index (χ0v) is 11.8. The molecule has 3 aromatic rings. The van der Waals surface area contributed by atoms with E-state index in [1.54, 1.807) is 13.3 Å². The Morgan fingerprint density at radius 1 is 1.10 bits per heavy atom. The molecule has 1 heterocycles. The quantitative estimate of drug-likeness (QED) is 0.569. The molecule has 0 fully saturated rings. The highest BCUT2D eigenvalue weighted by Crippen LogP contribution is 2.30. The van der Waals surface area contributed by atoms with Gasteiger partial charge in [-0.25, -0.2) is 5.43 Å². The summed E-state index contributed by atoms with van der Waals surface area (Å²) >= 11 is 0. The largest absolute Gasteiger partial charge is 0.496 e. The fourth-order valence-corrected chi connectivity index (χ4v) is 2.54. The number of benzene rings is 2. The molecule has 4 nitrogen and oxygen atoms in total. The molecule has 0 saturated carbocycles. The molecule has 106 valence electrons. The van der Waals surface area contributed by atoms with Crippen molar-refractivity contribution in [3.8, 4) is 5.75 Å². The minimum atomic E-state index is -0.134. The van der Waals surface area contributed by atoms with Gasteiger partial charge in [0.1, 0.15) is 5.75 Å².